The van der Waals surface area contributed by atoms with Crippen LogP contribution in [0.15, 0.2) is 60.2 Å². The van der Waals surface area contributed by atoms with E-state index in [4.69, 9.17) is 4.74 Å². The van der Waals surface area contributed by atoms with Crippen LogP contribution in [-0.2, 0) is 6.61 Å². The molecule has 0 bridgehead atoms. The maximum Gasteiger partial charge on any atom is 0.119 e. The van der Waals surface area contributed by atoms with Crippen molar-refractivity contribution >= 4 is 6.08 Å². The maximum absolute atomic E-state index is 9.82. The van der Waals surface area contributed by atoms with Crippen molar-refractivity contribution in [3.8, 4) is 5.75 Å². The van der Waals surface area contributed by atoms with Crippen LogP contribution in [0.5, 0.6) is 5.75 Å². The lowest BCUT2D eigenvalue weighted by Gasteiger charge is -2.07. The lowest BCUT2D eigenvalue weighted by molar-refractivity contribution is 0.219. The zero-order valence-electron chi connectivity index (χ0n) is 12.0. The minimum absolute atomic E-state index is 0.251. The molecule has 1 atom stereocenters. The zero-order chi connectivity index (χ0) is 14.5. The smallest absolute Gasteiger partial charge is 0.119 e. The first-order chi connectivity index (χ1) is 10.3. The van der Waals surface area contributed by atoms with Crippen LogP contribution in [0.2, 0.25) is 0 Å². The molecule has 108 valence electrons. The molecule has 2 nitrogen and oxygen atoms in total. The van der Waals surface area contributed by atoms with E-state index in [2.05, 4.69) is 18.2 Å². The summed E-state index contributed by atoms with van der Waals surface area (Å²) >= 11 is 0. The summed E-state index contributed by atoms with van der Waals surface area (Å²) in [4.78, 5) is 0. The number of hydrogen-bond donors (Lipinski definition) is 1. The van der Waals surface area contributed by atoms with Crippen LogP contribution in [0.25, 0.3) is 6.08 Å². The summed E-state index contributed by atoms with van der Waals surface area (Å²) in [5, 5.41) is 9.82. The molecule has 0 aliphatic heterocycles. The number of benzene rings is 2. The minimum Gasteiger partial charge on any atom is -0.489 e. The number of aliphatic hydroxyl groups is 1. The third-order valence-electron chi connectivity index (χ3n) is 3.85. The molecule has 1 aliphatic carbocycles. The fraction of sp³-hybridized carbons (Fsp3) is 0.263. The summed E-state index contributed by atoms with van der Waals surface area (Å²) in [5.74, 6) is 0.868. The van der Waals surface area contributed by atoms with Gasteiger partial charge in [-0.2, -0.15) is 0 Å². The highest BCUT2D eigenvalue weighted by Gasteiger charge is 2.17. The third-order valence-corrected chi connectivity index (χ3v) is 3.85. The molecule has 2 aromatic rings. The van der Waals surface area contributed by atoms with Gasteiger partial charge in [0.25, 0.3) is 0 Å². The SMILES string of the molecule is O[C@H]1CCC/C1=C/c1ccc(OCc2ccccc2)cc1. The van der Waals surface area contributed by atoms with Crippen molar-refractivity contribution in [1.29, 1.82) is 0 Å². The topological polar surface area (TPSA) is 29.5 Å². The van der Waals surface area contributed by atoms with E-state index in [1.165, 1.54) is 0 Å². The van der Waals surface area contributed by atoms with E-state index in [0.717, 1.165) is 41.7 Å². The lowest BCUT2D eigenvalue weighted by Crippen LogP contribution is -2.00. The fourth-order valence-corrected chi connectivity index (χ4v) is 2.64. The minimum atomic E-state index is -0.251. The molecule has 2 heteroatoms. The van der Waals surface area contributed by atoms with Crippen LogP contribution in [-0.4, -0.2) is 11.2 Å². The van der Waals surface area contributed by atoms with Crippen molar-refractivity contribution in [3.63, 3.8) is 0 Å². The van der Waals surface area contributed by atoms with E-state index in [-0.39, 0.29) is 6.10 Å². The summed E-state index contributed by atoms with van der Waals surface area (Å²) in [5.41, 5.74) is 3.43. The van der Waals surface area contributed by atoms with Gasteiger partial charge in [0.2, 0.25) is 0 Å². The first kappa shape index (κ1) is 13.9. The first-order valence-corrected chi connectivity index (χ1v) is 7.46. The molecule has 0 spiro atoms. The molecular formula is C19H20O2. The van der Waals surface area contributed by atoms with E-state index in [1.807, 2.05) is 42.5 Å². The monoisotopic (exact) mass is 280 g/mol. The molecule has 0 amide bonds. The van der Waals surface area contributed by atoms with Gasteiger partial charge in [-0.05, 0) is 48.1 Å². The van der Waals surface area contributed by atoms with Crippen LogP contribution in [0.4, 0.5) is 0 Å². The van der Waals surface area contributed by atoms with Gasteiger partial charge < -0.3 is 9.84 Å². The summed E-state index contributed by atoms with van der Waals surface area (Å²) in [6.45, 7) is 0.583. The Labute approximate surface area is 125 Å². The molecular weight excluding hydrogens is 260 g/mol. The second-order valence-electron chi connectivity index (χ2n) is 5.47. The molecule has 21 heavy (non-hydrogen) atoms. The van der Waals surface area contributed by atoms with Crippen molar-refractivity contribution in [2.24, 2.45) is 0 Å². The van der Waals surface area contributed by atoms with E-state index in [1.54, 1.807) is 0 Å². The second-order valence-corrected chi connectivity index (χ2v) is 5.47. The number of aliphatic hydroxyl groups excluding tert-OH is 1. The van der Waals surface area contributed by atoms with Gasteiger partial charge in [0, 0.05) is 0 Å². The predicted molar refractivity (Wildman–Crippen MR) is 85.1 cm³/mol. The predicted octanol–water partition coefficient (Wildman–Crippen LogP) is 4.19. The van der Waals surface area contributed by atoms with E-state index >= 15 is 0 Å². The normalized spacial score (nSPS) is 19.9. The fourth-order valence-electron chi connectivity index (χ4n) is 2.64. The van der Waals surface area contributed by atoms with Crippen molar-refractivity contribution in [2.75, 3.05) is 0 Å². The molecule has 1 aliphatic rings. The van der Waals surface area contributed by atoms with Gasteiger partial charge in [0.05, 0.1) is 6.10 Å². The number of ether oxygens (including phenoxy) is 1. The average Bonchev–Trinajstić information content (AvgIpc) is 2.93. The molecule has 0 radical (unpaired) electrons. The first-order valence-electron chi connectivity index (χ1n) is 7.46. The van der Waals surface area contributed by atoms with Crippen molar-refractivity contribution in [3.05, 3.63) is 71.3 Å². The summed E-state index contributed by atoms with van der Waals surface area (Å²) in [6, 6.07) is 18.2. The quantitative estimate of drug-likeness (QED) is 0.909. The second kappa shape index (κ2) is 6.59. The van der Waals surface area contributed by atoms with Gasteiger partial charge in [-0.15, -0.1) is 0 Å². The Hall–Kier alpha value is -2.06. The number of hydrogen-bond acceptors (Lipinski definition) is 2. The highest BCUT2D eigenvalue weighted by atomic mass is 16.5. The van der Waals surface area contributed by atoms with Gasteiger partial charge >= 0.3 is 0 Å². The Bertz CT molecular complexity index is 599. The number of rotatable bonds is 4. The van der Waals surface area contributed by atoms with Crippen LogP contribution in [0.1, 0.15) is 30.4 Å². The standard InChI is InChI=1S/C19H20O2/c20-19-8-4-7-17(19)13-15-9-11-18(12-10-15)21-14-16-5-2-1-3-6-16/h1-3,5-6,9-13,19-20H,4,7-8,14H2/b17-13-/t19-/m0/s1. The Balaban J connectivity index is 1.62. The van der Waals surface area contributed by atoms with Gasteiger partial charge in [-0.3, -0.25) is 0 Å². The molecule has 0 aromatic heterocycles. The van der Waals surface area contributed by atoms with Crippen LogP contribution in [0, 0.1) is 0 Å². The van der Waals surface area contributed by atoms with Gasteiger partial charge in [0.15, 0.2) is 0 Å². The van der Waals surface area contributed by atoms with E-state index in [9.17, 15) is 5.11 Å². The van der Waals surface area contributed by atoms with Crippen molar-refractivity contribution in [1.82, 2.24) is 0 Å². The lowest BCUT2D eigenvalue weighted by atomic mass is 10.1. The third kappa shape index (κ3) is 3.73. The highest BCUT2D eigenvalue weighted by Crippen LogP contribution is 2.27. The van der Waals surface area contributed by atoms with Crippen molar-refractivity contribution < 1.29 is 9.84 Å². The van der Waals surface area contributed by atoms with Gasteiger partial charge in [0.1, 0.15) is 12.4 Å². The molecule has 3 rings (SSSR count). The summed E-state index contributed by atoms with van der Waals surface area (Å²) < 4.78 is 5.77. The Morgan fingerprint density at radius 3 is 2.48 bits per heavy atom. The maximum atomic E-state index is 9.82. The molecule has 1 fully saturated rings. The molecule has 0 heterocycles. The Morgan fingerprint density at radius 1 is 1.05 bits per heavy atom. The molecule has 1 saturated carbocycles. The Morgan fingerprint density at radius 2 is 1.81 bits per heavy atom. The highest BCUT2D eigenvalue weighted by molar-refractivity contribution is 5.55. The Kier molecular flexibility index (Phi) is 4.37. The van der Waals surface area contributed by atoms with Crippen LogP contribution in [0.3, 0.4) is 0 Å². The zero-order valence-corrected chi connectivity index (χ0v) is 12.0. The van der Waals surface area contributed by atoms with Crippen molar-refractivity contribution in [2.45, 2.75) is 32.0 Å². The molecule has 2 aromatic carbocycles. The van der Waals surface area contributed by atoms with Crippen LogP contribution < -0.4 is 4.74 Å². The molecule has 1 N–H and O–H groups in total. The molecule has 0 unspecified atom stereocenters. The van der Waals surface area contributed by atoms with E-state index < -0.39 is 0 Å². The molecule has 0 saturated heterocycles. The largest absolute Gasteiger partial charge is 0.489 e. The van der Waals surface area contributed by atoms with E-state index in [0.29, 0.717) is 6.61 Å². The summed E-state index contributed by atoms with van der Waals surface area (Å²) in [7, 11) is 0. The van der Waals surface area contributed by atoms with Gasteiger partial charge in [-0.1, -0.05) is 48.5 Å². The summed E-state index contributed by atoms with van der Waals surface area (Å²) in [6.07, 6.45) is 4.83. The van der Waals surface area contributed by atoms with Gasteiger partial charge in [-0.25, -0.2) is 0 Å². The van der Waals surface area contributed by atoms with Crippen LogP contribution >= 0.6 is 0 Å². The average molecular weight is 280 g/mol.